The molecule has 0 N–H and O–H groups in total. The van der Waals surface area contributed by atoms with E-state index in [0.717, 1.165) is 11.5 Å². The number of carbonyl (C=O) groups is 1. The monoisotopic (exact) mass is 287 g/mol. The summed E-state index contributed by atoms with van der Waals surface area (Å²) in [4.78, 5) is 14.2. The van der Waals surface area contributed by atoms with Crippen molar-refractivity contribution in [2.45, 2.75) is 13.1 Å². The van der Waals surface area contributed by atoms with Crippen LogP contribution in [0.25, 0.3) is 0 Å². The Labute approximate surface area is 120 Å². The van der Waals surface area contributed by atoms with Crippen molar-refractivity contribution in [1.29, 1.82) is 0 Å². The Balaban J connectivity index is 1.81. The maximum absolute atomic E-state index is 12.5. The minimum Gasteiger partial charge on any atom is -0.467 e. The molecule has 0 saturated heterocycles. The van der Waals surface area contributed by atoms with Gasteiger partial charge in [-0.15, -0.1) is 0 Å². The normalized spacial score (nSPS) is 10.6. The van der Waals surface area contributed by atoms with Crippen LogP contribution in [0.1, 0.15) is 21.9 Å². The molecule has 0 atom stereocenters. The summed E-state index contributed by atoms with van der Waals surface area (Å²) in [5, 5.41) is 3.74. The molecule has 0 aromatic carbocycles. The third kappa shape index (κ3) is 2.83. The second-order valence-electron chi connectivity index (χ2n) is 4.33. The van der Waals surface area contributed by atoms with Crippen LogP contribution < -0.4 is 0 Å². The molecule has 1 amide bonds. The molecule has 0 aliphatic heterocycles. The Morgan fingerprint density at radius 3 is 2.15 bits per heavy atom. The second-order valence-corrected chi connectivity index (χ2v) is 5.11. The average molecular weight is 287 g/mol. The molecule has 0 radical (unpaired) electrons. The molecule has 20 heavy (non-hydrogen) atoms. The Hall–Kier alpha value is -2.27. The zero-order valence-electron chi connectivity index (χ0n) is 10.7. The van der Waals surface area contributed by atoms with Crippen molar-refractivity contribution >= 4 is 17.2 Å². The summed E-state index contributed by atoms with van der Waals surface area (Å²) in [6.45, 7) is 0.838. The van der Waals surface area contributed by atoms with E-state index in [0.29, 0.717) is 18.7 Å². The summed E-state index contributed by atoms with van der Waals surface area (Å²) in [5.74, 6) is 1.47. The summed E-state index contributed by atoms with van der Waals surface area (Å²) >= 11 is 1.51. The van der Waals surface area contributed by atoms with Gasteiger partial charge in [0.25, 0.3) is 5.91 Å². The van der Waals surface area contributed by atoms with Gasteiger partial charge in [0, 0.05) is 5.38 Å². The molecule has 3 aromatic rings. The number of carbonyl (C=O) groups excluding carboxylic acids is 1. The number of hydrogen-bond donors (Lipinski definition) is 0. The van der Waals surface area contributed by atoms with Gasteiger partial charge in [0.05, 0.1) is 31.2 Å². The fourth-order valence-electron chi connectivity index (χ4n) is 1.95. The van der Waals surface area contributed by atoms with Gasteiger partial charge >= 0.3 is 0 Å². The third-order valence-corrected chi connectivity index (χ3v) is 3.59. The molecule has 0 bridgehead atoms. The van der Waals surface area contributed by atoms with E-state index in [-0.39, 0.29) is 5.91 Å². The number of thiophene rings is 1. The number of amides is 1. The van der Waals surface area contributed by atoms with Gasteiger partial charge in [-0.3, -0.25) is 4.79 Å². The van der Waals surface area contributed by atoms with Gasteiger partial charge in [0.1, 0.15) is 11.5 Å². The van der Waals surface area contributed by atoms with Crippen LogP contribution in [-0.4, -0.2) is 10.8 Å². The second kappa shape index (κ2) is 5.79. The molecular formula is C15H13NO3S. The highest BCUT2D eigenvalue weighted by molar-refractivity contribution is 7.08. The first kappa shape index (κ1) is 12.7. The molecule has 0 unspecified atom stereocenters. The standard InChI is InChI=1S/C15H13NO3S/c17-15(12-5-8-20-11-12)16(9-13-3-1-6-18-13)10-14-4-2-7-19-14/h1-8,11H,9-10H2. The lowest BCUT2D eigenvalue weighted by Gasteiger charge is -2.20. The maximum atomic E-state index is 12.5. The van der Waals surface area contributed by atoms with Crippen molar-refractivity contribution in [2.75, 3.05) is 0 Å². The first-order valence-electron chi connectivity index (χ1n) is 6.19. The van der Waals surface area contributed by atoms with Crippen LogP contribution in [0.4, 0.5) is 0 Å². The fourth-order valence-corrected chi connectivity index (χ4v) is 2.58. The summed E-state index contributed by atoms with van der Waals surface area (Å²) < 4.78 is 10.7. The Morgan fingerprint density at radius 2 is 1.70 bits per heavy atom. The van der Waals surface area contributed by atoms with E-state index in [9.17, 15) is 4.79 Å². The molecule has 4 nitrogen and oxygen atoms in total. The third-order valence-electron chi connectivity index (χ3n) is 2.91. The summed E-state index contributed by atoms with van der Waals surface area (Å²) in [5.41, 5.74) is 0.688. The zero-order valence-corrected chi connectivity index (χ0v) is 11.5. The number of rotatable bonds is 5. The average Bonchev–Trinajstić information content (AvgIpc) is 3.20. The van der Waals surface area contributed by atoms with Gasteiger partial charge in [0.15, 0.2) is 0 Å². The molecule has 3 heterocycles. The molecule has 0 aliphatic rings. The highest BCUT2D eigenvalue weighted by Crippen LogP contribution is 2.16. The fraction of sp³-hybridized carbons (Fsp3) is 0.133. The summed E-state index contributed by atoms with van der Waals surface area (Å²) in [6.07, 6.45) is 3.21. The van der Waals surface area contributed by atoms with E-state index in [1.807, 2.05) is 41.1 Å². The van der Waals surface area contributed by atoms with E-state index in [2.05, 4.69) is 0 Å². The highest BCUT2D eigenvalue weighted by atomic mass is 32.1. The minimum absolute atomic E-state index is 0.0287. The molecule has 0 saturated carbocycles. The smallest absolute Gasteiger partial charge is 0.255 e. The van der Waals surface area contributed by atoms with E-state index < -0.39 is 0 Å². The Kier molecular flexibility index (Phi) is 3.69. The Bertz CT molecular complexity index is 605. The first-order valence-corrected chi connectivity index (χ1v) is 7.13. The number of nitrogens with zero attached hydrogens (tertiary/aromatic N) is 1. The molecular weight excluding hydrogens is 274 g/mol. The minimum atomic E-state index is -0.0287. The van der Waals surface area contributed by atoms with E-state index in [1.165, 1.54) is 11.3 Å². The Morgan fingerprint density at radius 1 is 1.05 bits per heavy atom. The van der Waals surface area contributed by atoms with Crippen molar-refractivity contribution in [3.63, 3.8) is 0 Å². The molecule has 0 fully saturated rings. The predicted octanol–water partition coefficient (Wildman–Crippen LogP) is 3.78. The van der Waals surface area contributed by atoms with Gasteiger partial charge in [0.2, 0.25) is 0 Å². The van der Waals surface area contributed by atoms with Crippen LogP contribution in [-0.2, 0) is 13.1 Å². The quantitative estimate of drug-likeness (QED) is 0.717. The summed E-state index contributed by atoms with van der Waals surface area (Å²) in [6, 6.07) is 9.17. The van der Waals surface area contributed by atoms with Crippen molar-refractivity contribution in [1.82, 2.24) is 4.90 Å². The molecule has 102 valence electrons. The molecule has 3 rings (SSSR count). The van der Waals surface area contributed by atoms with Crippen molar-refractivity contribution < 1.29 is 13.6 Å². The van der Waals surface area contributed by atoms with Crippen LogP contribution in [0.2, 0.25) is 0 Å². The number of furan rings is 2. The lowest BCUT2D eigenvalue weighted by atomic mass is 10.2. The van der Waals surface area contributed by atoms with Gasteiger partial charge in [-0.1, -0.05) is 0 Å². The van der Waals surface area contributed by atoms with Crippen molar-refractivity contribution in [3.05, 3.63) is 70.7 Å². The van der Waals surface area contributed by atoms with Crippen LogP contribution in [0.15, 0.2) is 62.5 Å². The molecule has 0 spiro atoms. The van der Waals surface area contributed by atoms with E-state index in [4.69, 9.17) is 8.83 Å². The van der Waals surface area contributed by atoms with Gasteiger partial charge in [-0.05, 0) is 35.7 Å². The molecule has 3 aromatic heterocycles. The van der Waals surface area contributed by atoms with Crippen molar-refractivity contribution in [3.8, 4) is 0 Å². The van der Waals surface area contributed by atoms with Crippen molar-refractivity contribution in [2.24, 2.45) is 0 Å². The predicted molar refractivity (Wildman–Crippen MR) is 75.3 cm³/mol. The molecule has 5 heteroatoms. The highest BCUT2D eigenvalue weighted by Gasteiger charge is 2.19. The lowest BCUT2D eigenvalue weighted by Crippen LogP contribution is -2.29. The van der Waals surface area contributed by atoms with Crippen LogP contribution >= 0.6 is 11.3 Å². The topological polar surface area (TPSA) is 46.6 Å². The lowest BCUT2D eigenvalue weighted by molar-refractivity contribution is 0.0705. The van der Waals surface area contributed by atoms with Crippen LogP contribution in [0.3, 0.4) is 0 Å². The number of hydrogen-bond acceptors (Lipinski definition) is 4. The maximum Gasteiger partial charge on any atom is 0.255 e. The van der Waals surface area contributed by atoms with Crippen LogP contribution in [0.5, 0.6) is 0 Å². The largest absolute Gasteiger partial charge is 0.467 e. The first-order chi connectivity index (χ1) is 9.83. The summed E-state index contributed by atoms with van der Waals surface area (Å²) in [7, 11) is 0. The van der Waals surface area contributed by atoms with Crippen LogP contribution in [0, 0.1) is 0 Å². The SMILES string of the molecule is O=C(c1ccsc1)N(Cc1ccco1)Cc1ccco1. The van der Waals surface area contributed by atoms with Gasteiger partial charge < -0.3 is 13.7 Å². The van der Waals surface area contributed by atoms with Gasteiger partial charge in [-0.2, -0.15) is 11.3 Å². The van der Waals surface area contributed by atoms with Gasteiger partial charge in [-0.25, -0.2) is 0 Å². The molecule has 0 aliphatic carbocycles. The zero-order chi connectivity index (χ0) is 13.8. The van der Waals surface area contributed by atoms with E-state index in [1.54, 1.807) is 17.4 Å². The van der Waals surface area contributed by atoms with E-state index >= 15 is 0 Å².